The third-order valence-electron chi connectivity index (χ3n) is 3.07. The van der Waals surface area contributed by atoms with E-state index in [0.717, 1.165) is 32.6 Å². The van der Waals surface area contributed by atoms with E-state index in [-0.39, 0.29) is 11.4 Å². The normalized spacial score (nSPS) is 26.9. The van der Waals surface area contributed by atoms with Gasteiger partial charge in [-0.05, 0) is 31.8 Å². The van der Waals surface area contributed by atoms with Crippen LogP contribution < -0.4 is 5.73 Å². The predicted octanol–water partition coefficient (Wildman–Crippen LogP) is 0.610. The van der Waals surface area contributed by atoms with Gasteiger partial charge < -0.3 is 15.4 Å². The van der Waals surface area contributed by atoms with Crippen LogP contribution in [0.5, 0.6) is 0 Å². The molecule has 0 aromatic heterocycles. The molecular weight excluding hydrogens is 192 g/mol. The highest BCUT2D eigenvalue weighted by Crippen LogP contribution is 2.28. The molecule has 0 saturated carbocycles. The summed E-state index contributed by atoms with van der Waals surface area (Å²) in [6, 6.07) is 0. The quantitative estimate of drug-likeness (QED) is 0.681. The third-order valence-corrected chi connectivity index (χ3v) is 3.07. The van der Waals surface area contributed by atoms with Crippen molar-refractivity contribution in [1.29, 1.82) is 0 Å². The Bertz CT molecular complexity index is 221. The Labute approximate surface area is 91.8 Å². The molecule has 0 aliphatic carbocycles. The Hall–Kier alpha value is -0.610. The Kier molecular flexibility index (Phi) is 4.54. The van der Waals surface area contributed by atoms with Crippen molar-refractivity contribution in [3.63, 3.8) is 0 Å². The van der Waals surface area contributed by atoms with E-state index in [2.05, 4.69) is 11.8 Å². The van der Waals surface area contributed by atoms with Gasteiger partial charge in [-0.1, -0.05) is 6.92 Å². The first kappa shape index (κ1) is 12.5. The van der Waals surface area contributed by atoms with Gasteiger partial charge in [-0.25, -0.2) is 0 Å². The van der Waals surface area contributed by atoms with E-state index in [9.17, 15) is 4.79 Å². The minimum absolute atomic E-state index is 0.0983. The van der Waals surface area contributed by atoms with E-state index < -0.39 is 0 Å². The Morgan fingerprint density at radius 3 is 2.87 bits per heavy atom. The number of hydrogen-bond acceptors (Lipinski definition) is 4. The maximum atomic E-state index is 11.2. The molecule has 1 aliphatic rings. The van der Waals surface area contributed by atoms with Gasteiger partial charge in [0, 0.05) is 13.1 Å². The van der Waals surface area contributed by atoms with Gasteiger partial charge in [0.15, 0.2) is 0 Å². The second-order valence-electron chi connectivity index (χ2n) is 4.60. The number of ether oxygens (including phenoxy) is 1. The molecule has 4 nitrogen and oxygen atoms in total. The zero-order valence-electron chi connectivity index (χ0n) is 9.79. The maximum absolute atomic E-state index is 11.2. The van der Waals surface area contributed by atoms with E-state index in [1.807, 2.05) is 6.92 Å². The van der Waals surface area contributed by atoms with E-state index in [4.69, 9.17) is 10.5 Å². The monoisotopic (exact) mass is 214 g/mol. The standard InChI is InChI=1S/C11H22N2O2/c1-3-15-10(14)4-6-13-7-5-11(2,8-12)9-13/h3-9,12H2,1-2H3. The molecule has 1 saturated heterocycles. The molecule has 1 heterocycles. The lowest BCUT2D eigenvalue weighted by molar-refractivity contribution is -0.143. The predicted molar refractivity (Wildman–Crippen MR) is 59.5 cm³/mol. The number of carbonyl (C=O) groups is 1. The molecule has 15 heavy (non-hydrogen) atoms. The van der Waals surface area contributed by atoms with Crippen molar-refractivity contribution in [2.24, 2.45) is 11.1 Å². The van der Waals surface area contributed by atoms with Gasteiger partial charge in [0.2, 0.25) is 0 Å². The van der Waals surface area contributed by atoms with Crippen molar-refractivity contribution in [3.05, 3.63) is 0 Å². The lowest BCUT2D eigenvalue weighted by atomic mass is 9.90. The van der Waals surface area contributed by atoms with Crippen LogP contribution in [0.4, 0.5) is 0 Å². The van der Waals surface area contributed by atoms with E-state index in [0.29, 0.717) is 13.0 Å². The number of nitrogens with zero attached hydrogens (tertiary/aromatic N) is 1. The zero-order chi connectivity index (χ0) is 11.3. The second-order valence-corrected chi connectivity index (χ2v) is 4.60. The lowest BCUT2D eigenvalue weighted by Crippen LogP contribution is -2.32. The Morgan fingerprint density at radius 2 is 2.33 bits per heavy atom. The Morgan fingerprint density at radius 1 is 1.60 bits per heavy atom. The first-order chi connectivity index (χ1) is 7.09. The summed E-state index contributed by atoms with van der Waals surface area (Å²) in [5.41, 5.74) is 5.96. The summed E-state index contributed by atoms with van der Waals surface area (Å²) in [4.78, 5) is 13.5. The molecule has 1 atom stereocenters. The van der Waals surface area contributed by atoms with E-state index in [1.54, 1.807) is 0 Å². The SMILES string of the molecule is CCOC(=O)CCN1CCC(C)(CN)C1. The van der Waals surface area contributed by atoms with Gasteiger partial charge in [0.05, 0.1) is 13.0 Å². The number of rotatable bonds is 5. The molecule has 88 valence electrons. The smallest absolute Gasteiger partial charge is 0.307 e. The number of esters is 1. The lowest BCUT2D eigenvalue weighted by Gasteiger charge is -2.22. The molecular formula is C11H22N2O2. The molecule has 1 unspecified atom stereocenters. The fraction of sp³-hybridized carbons (Fsp3) is 0.909. The van der Waals surface area contributed by atoms with Crippen molar-refractivity contribution < 1.29 is 9.53 Å². The van der Waals surface area contributed by atoms with E-state index >= 15 is 0 Å². The minimum atomic E-state index is -0.0983. The van der Waals surface area contributed by atoms with Gasteiger partial charge in [0.25, 0.3) is 0 Å². The first-order valence-corrected chi connectivity index (χ1v) is 5.68. The van der Waals surface area contributed by atoms with Crippen LogP contribution in [0.2, 0.25) is 0 Å². The molecule has 0 amide bonds. The molecule has 0 aromatic rings. The van der Waals surface area contributed by atoms with Crippen LogP contribution in [0.3, 0.4) is 0 Å². The number of carbonyl (C=O) groups excluding carboxylic acids is 1. The number of likely N-dealkylation sites (tertiary alicyclic amines) is 1. The maximum Gasteiger partial charge on any atom is 0.307 e. The van der Waals surface area contributed by atoms with Gasteiger partial charge >= 0.3 is 5.97 Å². The Balaban J connectivity index is 2.22. The van der Waals surface area contributed by atoms with Crippen molar-refractivity contribution in [2.75, 3.05) is 32.8 Å². The second kappa shape index (κ2) is 5.47. The number of hydrogen-bond donors (Lipinski definition) is 1. The molecule has 0 spiro atoms. The molecule has 0 bridgehead atoms. The summed E-state index contributed by atoms with van der Waals surface area (Å²) in [5.74, 6) is -0.0983. The van der Waals surface area contributed by atoms with Crippen molar-refractivity contribution in [3.8, 4) is 0 Å². The molecule has 0 radical (unpaired) electrons. The fourth-order valence-electron chi connectivity index (χ4n) is 1.97. The molecule has 4 heteroatoms. The van der Waals surface area contributed by atoms with Gasteiger partial charge in [-0.2, -0.15) is 0 Å². The third kappa shape index (κ3) is 3.80. The molecule has 1 fully saturated rings. The number of nitrogens with two attached hydrogens (primary N) is 1. The average Bonchev–Trinajstić information content (AvgIpc) is 2.59. The largest absolute Gasteiger partial charge is 0.466 e. The van der Waals surface area contributed by atoms with Crippen LogP contribution in [0.1, 0.15) is 26.7 Å². The summed E-state index contributed by atoms with van der Waals surface area (Å²) in [5, 5.41) is 0. The average molecular weight is 214 g/mol. The van der Waals surface area contributed by atoms with Crippen LogP contribution in [0.25, 0.3) is 0 Å². The summed E-state index contributed by atoms with van der Waals surface area (Å²) in [6.45, 7) is 8.09. The molecule has 1 rings (SSSR count). The molecule has 0 aromatic carbocycles. The molecule has 1 aliphatic heterocycles. The van der Waals surface area contributed by atoms with Crippen LogP contribution in [-0.2, 0) is 9.53 Å². The topological polar surface area (TPSA) is 55.6 Å². The van der Waals surface area contributed by atoms with Gasteiger partial charge in [0.1, 0.15) is 0 Å². The molecule has 2 N–H and O–H groups in total. The summed E-state index contributed by atoms with van der Waals surface area (Å²) in [6.07, 6.45) is 1.63. The minimum Gasteiger partial charge on any atom is -0.466 e. The zero-order valence-corrected chi connectivity index (χ0v) is 9.79. The summed E-state index contributed by atoms with van der Waals surface area (Å²) >= 11 is 0. The first-order valence-electron chi connectivity index (χ1n) is 5.68. The van der Waals surface area contributed by atoms with Crippen molar-refractivity contribution in [2.45, 2.75) is 26.7 Å². The highest BCUT2D eigenvalue weighted by Gasteiger charge is 2.32. The van der Waals surface area contributed by atoms with E-state index in [1.165, 1.54) is 0 Å². The van der Waals surface area contributed by atoms with Crippen molar-refractivity contribution in [1.82, 2.24) is 4.90 Å². The fourth-order valence-corrected chi connectivity index (χ4v) is 1.97. The highest BCUT2D eigenvalue weighted by molar-refractivity contribution is 5.69. The highest BCUT2D eigenvalue weighted by atomic mass is 16.5. The van der Waals surface area contributed by atoms with Crippen LogP contribution in [-0.4, -0.2) is 43.7 Å². The van der Waals surface area contributed by atoms with Gasteiger partial charge in [-0.3, -0.25) is 4.79 Å². The summed E-state index contributed by atoms with van der Waals surface area (Å²) in [7, 11) is 0. The van der Waals surface area contributed by atoms with Crippen LogP contribution in [0, 0.1) is 5.41 Å². The van der Waals surface area contributed by atoms with Crippen LogP contribution in [0.15, 0.2) is 0 Å². The summed E-state index contributed by atoms with van der Waals surface area (Å²) < 4.78 is 4.89. The van der Waals surface area contributed by atoms with Crippen LogP contribution >= 0.6 is 0 Å². The van der Waals surface area contributed by atoms with Gasteiger partial charge in [-0.15, -0.1) is 0 Å². The van der Waals surface area contributed by atoms with Crippen molar-refractivity contribution >= 4 is 5.97 Å².